The van der Waals surface area contributed by atoms with Crippen molar-refractivity contribution >= 4 is 23.3 Å². The molecule has 9 nitrogen and oxygen atoms in total. The molecular weight excluding hydrogens is 428 g/mol. The highest BCUT2D eigenvalue weighted by atomic mass is 16.6. The van der Waals surface area contributed by atoms with Crippen molar-refractivity contribution in [3.8, 4) is 5.75 Å². The molecule has 9 heteroatoms. The number of methoxy groups -OCH3 is 2. The Kier molecular flexibility index (Phi) is 7.72. The second-order valence-corrected chi connectivity index (χ2v) is 6.94. The summed E-state index contributed by atoms with van der Waals surface area (Å²) in [4.78, 5) is 34.7. The molecule has 3 rings (SSSR count). The van der Waals surface area contributed by atoms with Gasteiger partial charge in [-0.15, -0.1) is 0 Å². The SMILES string of the molecule is COC(=O)c1ccccc1COCc1ccc(NC(=O)c2ccc([N+](=O)[O-])c(OC)c2)cc1. The molecule has 0 saturated heterocycles. The number of rotatable bonds is 9. The maximum atomic E-state index is 12.5. The molecule has 0 fully saturated rings. The van der Waals surface area contributed by atoms with Crippen molar-refractivity contribution in [2.45, 2.75) is 13.2 Å². The number of nitro benzene ring substituents is 1. The van der Waals surface area contributed by atoms with Crippen LogP contribution in [0.15, 0.2) is 66.7 Å². The van der Waals surface area contributed by atoms with Gasteiger partial charge < -0.3 is 19.5 Å². The summed E-state index contributed by atoms with van der Waals surface area (Å²) < 4.78 is 15.5. The third kappa shape index (κ3) is 5.92. The van der Waals surface area contributed by atoms with E-state index < -0.39 is 16.8 Å². The summed E-state index contributed by atoms with van der Waals surface area (Å²) in [5, 5.41) is 13.7. The van der Waals surface area contributed by atoms with Gasteiger partial charge in [-0.05, 0) is 35.4 Å². The number of esters is 1. The van der Waals surface area contributed by atoms with Gasteiger partial charge in [0, 0.05) is 23.4 Å². The molecule has 0 spiro atoms. The molecule has 0 radical (unpaired) electrons. The minimum absolute atomic E-state index is 0.00826. The fraction of sp³-hybridized carbons (Fsp3) is 0.167. The molecule has 0 aliphatic carbocycles. The van der Waals surface area contributed by atoms with Crippen molar-refractivity contribution in [3.63, 3.8) is 0 Å². The second-order valence-electron chi connectivity index (χ2n) is 6.94. The van der Waals surface area contributed by atoms with Crippen LogP contribution in [0.3, 0.4) is 0 Å². The first-order valence-electron chi connectivity index (χ1n) is 9.89. The number of benzene rings is 3. The summed E-state index contributed by atoms with van der Waals surface area (Å²) in [5.74, 6) is -0.833. The lowest BCUT2D eigenvalue weighted by Gasteiger charge is -2.10. The third-order valence-electron chi connectivity index (χ3n) is 4.80. The summed E-state index contributed by atoms with van der Waals surface area (Å²) in [7, 11) is 2.64. The van der Waals surface area contributed by atoms with Crippen LogP contribution in [-0.4, -0.2) is 31.0 Å². The fourth-order valence-electron chi connectivity index (χ4n) is 3.09. The van der Waals surface area contributed by atoms with E-state index in [-0.39, 0.29) is 23.6 Å². The molecule has 0 atom stereocenters. The van der Waals surface area contributed by atoms with Crippen molar-refractivity contribution in [2.24, 2.45) is 0 Å². The predicted octanol–water partition coefficient (Wildman–Crippen LogP) is 4.36. The lowest BCUT2D eigenvalue weighted by atomic mass is 10.1. The van der Waals surface area contributed by atoms with Gasteiger partial charge in [0.25, 0.3) is 5.91 Å². The van der Waals surface area contributed by atoms with Gasteiger partial charge in [0.05, 0.1) is 37.9 Å². The zero-order valence-corrected chi connectivity index (χ0v) is 18.1. The molecule has 1 N–H and O–H groups in total. The van der Waals surface area contributed by atoms with Crippen molar-refractivity contribution in [3.05, 3.63) is 99.1 Å². The number of anilines is 1. The van der Waals surface area contributed by atoms with E-state index in [0.717, 1.165) is 11.1 Å². The maximum Gasteiger partial charge on any atom is 0.338 e. The molecule has 170 valence electrons. The van der Waals surface area contributed by atoms with Crippen molar-refractivity contribution in [1.29, 1.82) is 0 Å². The lowest BCUT2D eigenvalue weighted by Crippen LogP contribution is -2.12. The Morgan fingerprint density at radius 3 is 2.36 bits per heavy atom. The van der Waals surface area contributed by atoms with Crippen LogP contribution in [-0.2, 0) is 22.7 Å². The molecule has 3 aromatic carbocycles. The number of hydrogen-bond donors (Lipinski definition) is 1. The average molecular weight is 450 g/mol. The molecule has 0 unspecified atom stereocenters. The van der Waals surface area contributed by atoms with Crippen LogP contribution in [0.4, 0.5) is 11.4 Å². The normalized spacial score (nSPS) is 10.4. The Labute approximate surface area is 190 Å². The van der Waals surface area contributed by atoms with E-state index in [1.54, 1.807) is 42.5 Å². The van der Waals surface area contributed by atoms with E-state index in [1.165, 1.54) is 32.4 Å². The third-order valence-corrected chi connectivity index (χ3v) is 4.80. The number of hydrogen-bond acceptors (Lipinski definition) is 7. The van der Waals surface area contributed by atoms with Crippen molar-refractivity contribution in [2.75, 3.05) is 19.5 Å². The summed E-state index contributed by atoms with van der Waals surface area (Å²) >= 11 is 0. The van der Waals surface area contributed by atoms with E-state index >= 15 is 0 Å². The number of nitrogens with zero attached hydrogens (tertiary/aromatic N) is 1. The van der Waals surface area contributed by atoms with E-state index in [0.29, 0.717) is 17.9 Å². The smallest absolute Gasteiger partial charge is 0.338 e. The van der Waals surface area contributed by atoms with Crippen LogP contribution in [0.1, 0.15) is 31.8 Å². The van der Waals surface area contributed by atoms with Gasteiger partial charge in [-0.1, -0.05) is 30.3 Å². The van der Waals surface area contributed by atoms with Gasteiger partial charge in [0.15, 0.2) is 5.75 Å². The Hall–Kier alpha value is -4.24. The Morgan fingerprint density at radius 2 is 1.70 bits per heavy atom. The summed E-state index contributed by atoms with van der Waals surface area (Å²) in [6.07, 6.45) is 0. The fourth-order valence-corrected chi connectivity index (χ4v) is 3.09. The quantitative estimate of drug-likeness (QED) is 0.292. The van der Waals surface area contributed by atoms with Gasteiger partial charge in [-0.25, -0.2) is 4.79 Å². The maximum absolute atomic E-state index is 12.5. The molecule has 0 aliphatic rings. The number of carbonyl (C=O) groups excluding carboxylic acids is 2. The molecule has 0 heterocycles. The van der Waals surface area contributed by atoms with E-state index in [1.807, 2.05) is 6.07 Å². The summed E-state index contributed by atoms with van der Waals surface area (Å²) in [6, 6.07) is 18.0. The molecule has 0 aromatic heterocycles. The van der Waals surface area contributed by atoms with Gasteiger partial charge >= 0.3 is 11.7 Å². The number of amides is 1. The van der Waals surface area contributed by atoms with Crippen molar-refractivity contribution < 1.29 is 28.7 Å². The van der Waals surface area contributed by atoms with Crippen LogP contribution >= 0.6 is 0 Å². The number of ether oxygens (including phenoxy) is 3. The zero-order chi connectivity index (χ0) is 23.8. The van der Waals surface area contributed by atoms with E-state index in [9.17, 15) is 19.7 Å². The predicted molar refractivity (Wildman–Crippen MR) is 120 cm³/mol. The van der Waals surface area contributed by atoms with Crippen LogP contribution in [0, 0.1) is 10.1 Å². The van der Waals surface area contributed by atoms with E-state index in [2.05, 4.69) is 5.32 Å². The van der Waals surface area contributed by atoms with Crippen LogP contribution in [0.25, 0.3) is 0 Å². The largest absolute Gasteiger partial charge is 0.490 e. The average Bonchev–Trinajstić information content (AvgIpc) is 2.84. The minimum atomic E-state index is -0.574. The first-order chi connectivity index (χ1) is 15.9. The molecule has 0 saturated carbocycles. The summed E-state index contributed by atoms with van der Waals surface area (Å²) in [6.45, 7) is 0.551. The first-order valence-corrected chi connectivity index (χ1v) is 9.89. The molecule has 33 heavy (non-hydrogen) atoms. The molecule has 1 amide bonds. The molecular formula is C24H22N2O7. The van der Waals surface area contributed by atoms with Crippen molar-refractivity contribution in [1.82, 2.24) is 0 Å². The zero-order valence-electron chi connectivity index (χ0n) is 18.1. The second kappa shape index (κ2) is 10.9. The highest BCUT2D eigenvalue weighted by Gasteiger charge is 2.17. The number of nitro groups is 1. The Balaban J connectivity index is 1.58. The van der Waals surface area contributed by atoms with Gasteiger partial charge in [0.2, 0.25) is 0 Å². The van der Waals surface area contributed by atoms with Crippen LogP contribution in [0.5, 0.6) is 5.75 Å². The van der Waals surface area contributed by atoms with Crippen LogP contribution in [0.2, 0.25) is 0 Å². The molecule has 0 bridgehead atoms. The highest BCUT2D eigenvalue weighted by molar-refractivity contribution is 6.04. The number of carbonyl (C=O) groups is 2. The Bertz CT molecular complexity index is 1160. The van der Waals surface area contributed by atoms with Gasteiger partial charge in [-0.3, -0.25) is 14.9 Å². The van der Waals surface area contributed by atoms with Gasteiger partial charge in [0.1, 0.15) is 0 Å². The molecule has 3 aromatic rings. The topological polar surface area (TPSA) is 117 Å². The summed E-state index contributed by atoms with van der Waals surface area (Å²) in [5.41, 5.74) is 2.63. The van der Waals surface area contributed by atoms with Gasteiger partial charge in [-0.2, -0.15) is 0 Å². The monoisotopic (exact) mass is 450 g/mol. The minimum Gasteiger partial charge on any atom is -0.490 e. The lowest BCUT2D eigenvalue weighted by molar-refractivity contribution is -0.385. The standard InChI is InChI=1S/C24H22N2O7/c1-31-22-13-17(9-12-21(22)26(29)30)23(27)25-19-10-7-16(8-11-19)14-33-15-18-5-3-4-6-20(18)24(28)32-2/h3-13H,14-15H2,1-2H3,(H,25,27). The first kappa shape index (κ1) is 23.4. The Morgan fingerprint density at radius 1 is 0.970 bits per heavy atom. The van der Waals surface area contributed by atoms with E-state index in [4.69, 9.17) is 14.2 Å². The number of nitrogens with one attached hydrogen (secondary N) is 1. The highest BCUT2D eigenvalue weighted by Crippen LogP contribution is 2.28. The van der Waals surface area contributed by atoms with Crippen LogP contribution < -0.4 is 10.1 Å². The molecule has 0 aliphatic heterocycles.